The number of nitrogens with one attached hydrogen (secondary N) is 1. The zero-order valence-electron chi connectivity index (χ0n) is 20.0. The van der Waals surface area contributed by atoms with E-state index in [0.717, 1.165) is 64.8 Å². The van der Waals surface area contributed by atoms with Crippen LogP contribution in [-0.2, 0) is 11.3 Å². The average molecular weight is 486 g/mol. The third kappa shape index (κ3) is 4.28. The fraction of sp³-hybridized carbons (Fsp3) is 0.296. The first-order valence-corrected chi connectivity index (χ1v) is 12.1. The molecule has 1 amide bonds. The van der Waals surface area contributed by atoms with Crippen LogP contribution in [0.3, 0.4) is 0 Å². The summed E-state index contributed by atoms with van der Waals surface area (Å²) in [4.78, 5) is 19.9. The van der Waals surface area contributed by atoms with Gasteiger partial charge in [0.1, 0.15) is 11.3 Å². The van der Waals surface area contributed by atoms with Crippen molar-refractivity contribution in [2.75, 3.05) is 31.9 Å². The third-order valence-electron chi connectivity index (χ3n) is 6.73. The molecular weight excluding hydrogens is 458 g/mol. The van der Waals surface area contributed by atoms with Crippen LogP contribution in [0.1, 0.15) is 18.4 Å². The lowest BCUT2D eigenvalue weighted by Crippen LogP contribution is -2.43. The second-order valence-electron chi connectivity index (χ2n) is 9.03. The van der Waals surface area contributed by atoms with Crippen molar-refractivity contribution < 1.29 is 19.0 Å². The standard InChI is InChI=1S/C27H27N5O4/c1-34-21-6-2-4-19(13-21)22-14-23-26(28-9-11-32(23)30-22)31-10-3-5-20(16-31)27(33)29-15-18-7-8-24-25(12-18)36-17-35-24/h2,4,6-9,11-14,20H,3,5,10,15-17H2,1H3,(H,29,33). The topological polar surface area (TPSA) is 90.2 Å². The van der Waals surface area contributed by atoms with Crippen molar-refractivity contribution in [3.63, 3.8) is 0 Å². The summed E-state index contributed by atoms with van der Waals surface area (Å²) in [5.74, 6) is 3.02. The molecular formula is C27H27N5O4. The Balaban J connectivity index is 1.17. The normalized spacial score (nSPS) is 16.8. The second kappa shape index (κ2) is 9.41. The molecule has 0 bridgehead atoms. The van der Waals surface area contributed by atoms with Gasteiger partial charge in [-0.3, -0.25) is 4.79 Å². The fourth-order valence-electron chi connectivity index (χ4n) is 4.84. The Labute approximate surface area is 208 Å². The highest BCUT2D eigenvalue weighted by molar-refractivity contribution is 5.81. The Morgan fingerprint density at radius 3 is 3.00 bits per heavy atom. The molecule has 1 N–H and O–H groups in total. The molecule has 36 heavy (non-hydrogen) atoms. The van der Waals surface area contributed by atoms with Gasteiger partial charge in [0.25, 0.3) is 0 Å². The summed E-state index contributed by atoms with van der Waals surface area (Å²) < 4.78 is 18.0. The molecule has 0 radical (unpaired) electrons. The van der Waals surface area contributed by atoms with E-state index >= 15 is 0 Å². The highest BCUT2D eigenvalue weighted by Gasteiger charge is 2.28. The van der Waals surface area contributed by atoms with Gasteiger partial charge in [0, 0.05) is 37.6 Å². The van der Waals surface area contributed by atoms with Gasteiger partial charge in [0.05, 0.1) is 18.7 Å². The van der Waals surface area contributed by atoms with E-state index in [1.807, 2.05) is 59.2 Å². The maximum absolute atomic E-state index is 13.1. The van der Waals surface area contributed by atoms with E-state index in [4.69, 9.17) is 19.3 Å². The van der Waals surface area contributed by atoms with Crippen LogP contribution >= 0.6 is 0 Å². The van der Waals surface area contributed by atoms with E-state index in [1.54, 1.807) is 13.3 Å². The minimum absolute atomic E-state index is 0.0508. The Hall–Kier alpha value is -4.27. The van der Waals surface area contributed by atoms with Crippen LogP contribution in [0.15, 0.2) is 60.9 Å². The number of methoxy groups -OCH3 is 1. The molecule has 2 aromatic heterocycles. The van der Waals surface area contributed by atoms with Gasteiger partial charge >= 0.3 is 0 Å². The van der Waals surface area contributed by atoms with Crippen molar-refractivity contribution in [3.05, 3.63) is 66.5 Å². The van der Waals surface area contributed by atoms with Crippen molar-refractivity contribution in [2.24, 2.45) is 5.92 Å². The number of anilines is 1. The molecule has 1 fully saturated rings. The van der Waals surface area contributed by atoms with E-state index < -0.39 is 0 Å². The first-order chi connectivity index (χ1) is 17.7. The second-order valence-corrected chi connectivity index (χ2v) is 9.03. The molecule has 2 aromatic carbocycles. The summed E-state index contributed by atoms with van der Waals surface area (Å²) in [6, 6.07) is 15.6. The van der Waals surface area contributed by atoms with E-state index in [0.29, 0.717) is 13.1 Å². The first kappa shape index (κ1) is 22.2. The minimum Gasteiger partial charge on any atom is -0.497 e. The van der Waals surface area contributed by atoms with Gasteiger partial charge in [-0.1, -0.05) is 18.2 Å². The van der Waals surface area contributed by atoms with Gasteiger partial charge in [-0.05, 0) is 48.7 Å². The molecule has 0 saturated carbocycles. The monoisotopic (exact) mass is 485 g/mol. The number of nitrogens with zero attached hydrogens (tertiary/aromatic N) is 4. The van der Waals surface area contributed by atoms with Gasteiger partial charge < -0.3 is 24.4 Å². The number of rotatable bonds is 6. The Morgan fingerprint density at radius 2 is 2.08 bits per heavy atom. The largest absolute Gasteiger partial charge is 0.497 e. The zero-order chi connectivity index (χ0) is 24.5. The van der Waals surface area contributed by atoms with E-state index in [9.17, 15) is 4.79 Å². The Kier molecular flexibility index (Phi) is 5.80. The van der Waals surface area contributed by atoms with Gasteiger partial charge in [0.2, 0.25) is 12.7 Å². The van der Waals surface area contributed by atoms with Crippen molar-refractivity contribution in [2.45, 2.75) is 19.4 Å². The number of aromatic nitrogens is 3. The average Bonchev–Trinajstić information content (AvgIpc) is 3.58. The summed E-state index contributed by atoms with van der Waals surface area (Å²) in [5, 5.41) is 7.85. The minimum atomic E-state index is -0.115. The molecule has 2 aliphatic rings. The smallest absolute Gasteiger partial charge is 0.231 e. The highest BCUT2D eigenvalue weighted by Crippen LogP contribution is 2.33. The van der Waals surface area contributed by atoms with Crippen LogP contribution in [0.4, 0.5) is 5.82 Å². The maximum Gasteiger partial charge on any atom is 0.231 e. The predicted octanol–water partition coefficient (Wildman–Crippen LogP) is 3.67. The molecule has 9 heteroatoms. The van der Waals surface area contributed by atoms with E-state index in [2.05, 4.69) is 15.2 Å². The number of benzene rings is 2. The van der Waals surface area contributed by atoms with Crippen LogP contribution in [0.25, 0.3) is 16.8 Å². The molecule has 1 saturated heterocycles. The third-order valence-corrected chi connectivity index (χ3v) is 6.73. The summed E-state index contributed by atoms with van der Waals surface area (Å²) in [6.07, 6.45) is 5.37. The number of amides is 1. The van der Waals surface area contributed by atoms with Crippen LogP contribution in [0.5, 0.6) is 17.2 Å². The molecule has 1 unspecified atom stereocenters. The number of carbonyl (C=O) groups is 1. The van der Waals surface area contributed by atoms with E-state index in [1.165, 1.54) is 0 Å². The number of piperidine rings is 1. The lowest BCUT2D eigenvalue weighted by atomic mass is 9.97. The first-order valence-electron chi connectivity index (χ1n) is 12.1. The number of carbonyl (C=O) groups excluding carboxylic acids is 1. The van der Waals surface area contributed by atoms with E-state index in [-0.39, 0.29) is 18.6 Å². The molecule has 4 heterocycles. The highest BCUT2D eigenvalue weighted by atomic mass is 16.7. The van der Waals surface area contributed by atoms with Crippen LogP contribution in [0, 0.1) is 5.92 Å². The molecule has 6 rings (SSSR count). The lowest BCUT2D eigenvalue weighted by Gasteiger charge is -2.33. The van der Waals surface area contributed by atoms with Gasteiger partial charge in [-0.15, -0.1) is 0 Å². The predicted molar refractivity (Wildman–Crippen MR) is 134 cm³/mol. The SMILES string of the molecule is COc1cccc(-c2cc3c(N4CCCC(C(=O)NCc5ccc6c(c5)OCO6)C4)nccn3n2)c1. The van der Waals surface area contributed by atoms with Crippen molar-refractivity contribution in [1.29, 1.82) is 0 Å². The number of ether oxygens (including phenoxy) is 3. The zero-order valence-corrected chi connectivity index (χ0v) is 20.0. The summed E-state index contributed by atoms with van der Waals surface area (Å²) >= 11 is 0. The van der Waals surface area contributed by atoms with Gasteiger partial charge in [0.15, 0.2) is 17.3 Å². The molecule has 1 atom stereocenters. The molecule has 9 nitrogen and oxygen atoms in total. The van der Waals surface area contributed by atoms with Crippen LogP contribution < -0.4 is 24.4 Å². The van der Waals surface area contributed by atoms with Crippen LogP contribution in [0.2, 0.25) is 0 Å². The Morgan fingerprint density at radius 1 is 1.17 bits per heavy atom. The quantitative estimate of drug-likeness (QED) is 0.446. The number of hydrogen-bond donors (Lipinski definition) is 1. The molecule has 184 valence electrons. The fourth-order valence-corrected chi connectivity index (χ4v) is 4.84. The maximum atomic E-state index is 13.1. The molecule has 2 aliphatic heterocycles. The Bertz CT molecular complexity index is 1420. The summed E-state index contributed by atoms with van der Waals surface area (Å²) in [7, 11) is 1.66. The summed E-state index contributed by atoms with van der Waals surface area (Å²) in [5.41, 5.74) is 3.72. The van der Waals surface area contributed by atoms with Crippen molar-refractivity contribution >= 4 is 17.2 Å². The van der Waals surface area contributed by atoms with Gasteiger partial charge in [-0.2, -0.15) is 5.10 Å². The number of hydrogen-bond acceptors (Lipinski definition) is 7. The van der Waals surface area contributed by atoms with Crippen molar-refractivity contribution in [1.82, 2.24) is 19.9 Å². The summed E-state index contributed by atoms with van der Waals surface area (Å²) in [6.45, 7) is 2.14. The molecule has 4 aromatic rings. The van der Waals surface area contributed by atoms with Crippen LogP contribution in [-0.4, -0.2) is 47.5 Å². The lowest BCUT2D eigenvalue weighted by molar-refractivity contribution is -0.125. The molecule has 0 aliphatic carbocycles. The molecule has 0 spiro atoms. The van der Waals surface area contributed by atoms with Crippen molar-refractivity contribution in [3.8, 4) is 28.5 Å². The van der Waals surface area contributed by atoms with Gasteiger partial charge in [-0.25, -0.2) is 9.50 Å². The number of fused-ring (bicyclic) bond motifs is 2.